The number of methoxy groups -OCH3 is 1. The van der Waals surface area contributed by atoms with Gasteiger partial charge in [0.25, 0.3) is 0 Å². The molecule has 106 valence electrons. The van der Waals surface area contributed by atoms with Gasteiger partial charge in [0.15, 0.2) is 0 Å². The minimum Gasteiger partial charge on any atom is -0.465 e. The first-order chi connectivity index (χ1) is 8.95. The van der Waals surface area contributed by atoms with E-state index in [1.165, 1.54) is 7.11 Å². The van der Waals surface area contributed by atoms with Crippen LogP contribution in [0.1, 0.15) is 29.8 Å². The molecule has 0 aliphatic rings. The van der Waals surface area contributed by atoms with E-state index >= 15 is 0 Å². The van der Waals surface area contributed by atoms with Crippen LogP contribution in [0.15, 0.2) is 22.7 Å². The fourth-order valence-corrected chi connectivity index (χ4v) is 2.04. The van der Waals surface area contributed by atoms with E-state index in [4.69, 9.17) is 0 Å². The second-order valence-corrected chi connectivity index (χ2v) is 5.59. The molecule has 5 heteroatoms. The van der Waals surface area contributed by atoms with Crippen molar-refractivity contribution >= 4 is 21.9 Å². The van der Waals surface area contributed by atoms with Gasteiger partial charge in [-0.3, -0.25) is 0 Å². The molecule has 0 heterocycles. The van der Waals surface area contributed by atoms with E-state index in [0.717, 1.165) is 10.0 Å². The van der Waals surface area contributed by atoms with Crippen molar-refractivity contribution in [1.29, 1.82) is 0 Å². The summed E-state index contributed by atoms with van der Waals surface area (Å²) in [6.07, 6.45) is -0.354. The number of halogens is 1. The normalized spacial score (nSPS) is 12.5. The standard InChI is InChI=1S/C14H20BrNO3/c1-9(2)13(17)8-16-7-11-5-4-10(6-12(11)15)14(18)19-3/h4-6,9,13,16-17H,7-8H2,1-3H3/t13-/m0/s1. The summed E-state index contributed by atoms with van der Waals surface area (Å²) in [6.45, 7) is 5.13. The molecule has 0 aromatic heterocycles. The molecule has 0 saturated carbocycles. The predicted octanol–water partition coefficient (Wildman–Crippen LogP) is 2.34. The van der Waals surface area contributed by atoms with Gasteiger partial charge < -0.3 is 15.2 Å². The van der Waals surface area contributed by atoms with Crippen LogP contribution in [0.2, 0.25) is 0 Å². The first-order valence-corrected chi connectivity index (χ1v) is 7.00. The van der Waals surface area contributed by atoms with Gasteiger partial charge in [-0.15, -0.1) is 0 Å². The summed E-state index contributed by atoms with van der Waals surface area (Å²) in [6, 6.07) is 5.33. The zero-order valence-electron chi connectivity index (χ0n) is 11.4. The van der Waals surface area contributed by atoms with Crippen LogP contribution in [-0.2, 0) is 11.3 Å². The lowest BCUT2D eigenvalue weighted by molar-refractivity contribution is 0.0600. The van der Waals surface area contributed by atoms with Crippen molar-refractivity contribution in [2.45, 2.75) is 26.5 Å². The van der Waals surface area contributed by atoms with Crippen molar-refractivity contribution in [3.63, 3.8) is 0 Å². The van der Waals surface area contributed by atoms with Gasteiger partial charge in [0.1, 0.15) is 0 Å². The molecule has 0 amide bonds. The number of carbonyl (C=O) groups excluding carboxylic acids is 1. The SMILES string of the molecule is COC(=O)c1ccc(CNC[C@H](O)C(C)C)c(Br)c1. The third-order valence-electron chi connectivity index (χ3n) is 2.91. The largest absolute Gasteiger partial charge is 0.465 e. The van der Waals surface area contributed by atoms with E-state index in [0.29, 0.717) is 18.7 Å². The number of hydrogen-bond acceptors (Lipinski definition) is 4. The number of esters is 1. The van der Waals surface area contributed by atoms with Crippen LogP contribution >= 0.6 is 15.9 Å². The van der Waals surface area contributed by atoms with Crippen molar-refractivity contribution < 1.29 is 14.6 Å². The van der Waals surface area contributed by atoms with Gasteiger partial charge in [-0.05, 0) is 23.6 Å². The van der Waals surface area contributed by atoms with Crippen LogP contribution in [0.3, 0.4) is 0 Å². The lowest BCUT2D eigenvalue weighted by atomic mass is 10.1. The van der Waals surface area contributed by atoms with Gasteiger partial charge >= 0.3 is 5.97 Å². The Kier molecular flexibility index (Phi) is 6.48. The molecule has 1 aromatic carbocycles. The minimum atomic E-state index is -0.354. The summed E-state index contributed by atoms with van der Waals surface area (Å²) in [5, 5.41) is 12.9. The van der Waals surface area contributed by atoms with Crippen LogP contribution < -0.4 is 5.32 Å². The first kappa shape index (κ1) is 16.1. The summed E-state index contributed by atoms with van der Waals surface area (Å²) in [4.78, 5) is 11.4. The van der Waals surface area contributed by atoms with E-state index in [9.17, 15) is 9.90 Å². The van der Waals surface area contributed by atoms with Crippen LogP contribution in [0.25, 0.3) is 0 Å². The Balaban J connectivity index is 2.58. The molecule has 19 heavy (non-hydrogen) atoms. The zero-order chi connectivity index (χ0) is 14.4. The molecular formula is C14H20BrNO3. The van der Waals surface area contributed by atoms with E-state index in [1.807, 2.05) is 19.9 Å². The maximum Gasteiger partial charge on any atom is 0.337 e. The van der Waals surface area contributed by atoms with E-state index in [-0.39, 0.29) is 18.0 Å². The Morgan fingerprint density at radius 2 is 2.16 bits per heavy atom. The Bertz CT molecular complexity index is 435. The molecule has 0 unspecified atom stereocenters. The topological polar surface area (TPSA) is 58.6 Å². The summed E-state index contributed by atoms with van der Waals surface area (Å²) in [7, 11) is 1.36. The van der Waals surface area contributed by atoms with E-state index in [1.54, 1.807) is 12.1 Å². The molecule has 0 spiro atoms. The Labute approximate surface area is 122 Å². The molecular weight excluding hydrogens is 310 g/mol. The van der Waals surface area contributed by atoms with Gasteiger partial charge in [-0.1, -0.05) is 35.8 Å². The predicted molar refractivity (Wildman–Crippen MR) is 78.0 cm³/mol. The fraction of sp³-hybridized carbons (Fsp3) is 0.500. The monoisotopic (exact) mass is 329 g/mol. The maximum absolute atomic E-state index is 11.4. The summed E-state index contributed by atoms with van der Waals surface area (Å²) in [5.74, 6) is -0.118. The van der Waals surface area contributed by atoms with Gasteiger partial charge in [0.05, 0.1) is 18.8 Å². The molecule has 0 aliphatic carbocycles. The summed E-state index contributed by atoms with van der Waals surface area (Å²) < 4.78 is 5.51. The highest BCUT2D eigenvalue weighted by Crippen LogP contribution is 2.19. The highest BCUT2D eigenvalue weighted by atomic mass is 79.9. The van der Waals surface area contributed by atoms with Gasteiger partial charge in [0, 0.05) is 17.6 Å². The third kappa shape index (κ3) is 4.93. The molecule has 0 radical (unpaired) electrons. The van der Waals surface area contributed by atoms with Crippen LogP contribution in [0.5, 0.6) is 0 Å². The maximum atomic E-state index is 11.4. The Morgan fingerprint density at radius 1 is 1.47 bits per heavy atom. The zero-order valence-corrected chi connectivity index (χ0v) is 13.0. The van der Waals surface area contributed by atoms with Gasteiger partial charge in [0.2, 0.25) is 0 Å². The number of carbonyl (C=O) groups is 1. The molecule has 2 N–H and O–H groups in total. The molecule has 1 rings (SSSR count). The number of aliphatic hydroxyl groups is 1. The lowest BCUT2D eigenvalue weighted by Crippen LogP contribution is -2.30. The summed E-state index contributed by atoms with van der Waals surface area (Å²) >= 11 is 3.43. The van der Waals surface area contributed by atoms with Crippen LogP contribution in [0, 0.1) is 5.92 Å². The molecule has 0 aliphatic heterocycles. The number of benzene rings is 1. The van der Waals surface area contributed by atoms with Gasteiger partial charge in [-0.25, -0.2) is 4.79 Å². The van der Waals surface area contributed by atoms with Crippen molar-refractivity contribution in [1.82, 2.24) is 5.32 Å². The molecule has 0 bridgehead atoms. The minimum absolute atomic E-state index is 0.234. The summed E-state index contributed by atoms with van der Waals surface area (Å²) in [5.41, 5.74) is 1.55. The smallest absolute Gasteiger partial charge is 0.337 e. The van der Waals surface area contributed by atoms with Crippen molar-refractivity contribution in [3.8, 4) is 0 Å². The average Bonchev–Trinajstić information content (AvgIpc) is 2.39. The van der Waals surface area contributed by atoms with Gasteiger partial charge in [-0.2, -0.15) is 0 Å². The number of aliphatic hydroxyl groups excluding tert-OH is 1. The lowest BCUT2D eigenvalue weighted by Gasteiger charge is -2.15. The van der Waals surface area contributed by atoms with E-state index in [2.05, 4.69) is 26.0 Å². The molecule has 1 atom stereocenters. The molecule has 0 fully saturated rings. The highest BCUT2D eigenvalue weighted by Gasteiger charge is 2.10. The number of nitrogens with one attached hydrogen (secondary N) is 1. The number of hydrogen-bond donors (Lipinski definition) is 2. The van der Waals surface area contributed by atoms with Crippen LogP contribution in [0.4, 0.5) is 0 Å². The molecule has 4 nitrogen and oxygen atoms in total. The Morgan fingerprint density at radius 3 is 2.68 bits per heavy atom. The Hall–Kier alpha value is -0.910. The highest BCUT2D eigenvalue weighted by molar-refractivity contribution is 9.10. The van der Waals surface area contributed by atoms with Crippen molar-refractivity contribution in [2.75, 3.05) is 13.7 Å². The molecule has 0 saturated heterocycles. The quantitative estimate of drug-likeness (QED) is 0.786. The van der Waals surface area contributed by atoms with Crippen LogP contribution in [-0.4, -0.2) is 30.8 Å². The third-order valence-corrected chi connectivity index (χ3v) is 3.65. The number of rotatable bonds is 6. The fourth-order valence-electron chi connectivity index (χ4n) is 1.53. The van der Waals surface area contributed by atoms with Crippen molar-refractivity contribution in [3.05, 3.63) is 33.8 Å². The second kappa shape index (κ2) is 7.62. The number of ether oxygens (including phenoxy) is 1. The van der Waals surface area contributed by atoms with Crippen molar-refractivity contribution in [2.24, 2.45) is 5.92 Å². The first-order valence-electron chi connectivity index (χ1n) is 6.21. The average molecular weight is 330 g/mol. The second-order valence-electron chi connectivity index (χ2n) is 4.74. The molecule has 1 aromatic rings. The van der Waals surface area contributed by atoms with E-state index < -0.39 is 0 Å².